The largest absolute Gasteiger partial charge is 0.316 e. The number of halogens is 3. The predicted molar refractivity (Wildman–Crippen MR) is 56.2 cm³/mol. The van der Waals surface area contributed by atoms with Crippen LogP contribution in [0.15, 0.2) is 12.1 Å². The second kappa shape index (κ2) is 4.45. The van der Waals surface area contributed by atoms with Gasteiger partial charge in [-0.2, -0.15) is 0 Å². The van der Waals surface area contributed by atoms with E-state index in [9.17, 15) is 8.78 Å². The van der Waals surface area contributed by atoms with E-state index in [0.717, 1.165) is 31.5 Å². The molecule has 0 saturated carbocycles. The average Bonchev–Trinajstić information content (AvgIpc) is 2.26. The van der Waals surface area contributed by atoms with Crippen LogP contribution in [0, 0.1) is 11.6 Å². The molecule has 0 unspecified atom stereocenters. The van der Waals surface area contributed by atoms with Gasteiger partial charge in [-0.3, -0.25) is 0 Å². The maximum absolute atomic E-state index is 13.5. The monoisotopic (exact) mass is 231 g/mol. The highest BCUT2D eigenvalue weighted by Crippen LogP contribution is 2.33. The van der Waals surface area contributed by atoms with Crippen molar-refractivity contribution in [3.05, 3.63) is 34.4 Å². The van der Waals surface area contributed by atoms with Gasteiger partial charge in [0.1, 0.15) is 11.6 Å². The second-order valence-electron chi connectivity index (χ2n) is 3.80. The van der Waals surface area contributed by atoms with Crippen LogP contribution in [0.4, 0.5) is 8.78 Å². The minimum atomic E-state index is -0.543. The summed E-state index contributed by atoms with van der Waals surface area (Å²) in [6.07, 6.45) is 1.82. The van der Waals surface area contributed by atoms with Crippen LogP contribution < -0.4 is 5.32 Å². The van der Waals surface area contributed by atoms with Crippen LogP contribution in [-0.2, 0) is 0 Å². The first-order valence-corrected chi connectivity index (χ1v) is 5.42. The minimum absolute atomic E-state index is 0.0121. The molecule has 1 aliphatic heterocycles. The number of nitrogens with one attached hydrogen (secondary N) is 1. The summed E-state index contributed by atoms with van der Waals surface area (Å²) in [5.74, 6) is -0.962. The lowest BCUT2D eigenvalue weighted by Gasteiger charge is -2.24. The third-order valence-electron chi connectivity index (χ3n) is 2.78. The highest BCUT2D eigenvalue weighted by atomic mass is 35.5. The smallest absolute Gasteiger partial charge is 0.142 e. The number of hydrogen-bond donors (Lipinski definition) is 1. The fraction of sp³-hybridized carbons (Fsp3) is 0.455. The molecule has 1 nitrogen and oxygen atoms in total. The third-order valence-corrected chi connectivity index (χ3v) is 3.17. The summed E-state index contributed by atoms with van der Waals surface area (Å²) in [4.78, 5) is 0. The summed E-state index contributed by atoms with van der Waals surface area (Å²) in [5, 5.41) is 3.09. The lowest BCUT2D eigenvalue weighted by molar-refractivity contribution is 0.444. The normalized spacial score (nSPS) is 21.7. The Labute approximate surface area is 92.4 Å². The Bertz CT molecular complexity index is 362. The van der Waals surface area contributed by atoms with Crippen molar-refractivity contribution in [2.75, 3.05) is 13.1 Å². The van der Waals surface area contributed by atoms with Crippen molar-refractivity contribution in [1.29, 1.82) is 0 Å². The fourth-order valence-electron chi connectivity index (χ4n) is 2.02. The van der Waals surface area contributed by atoms with Gasteiger partial charge in [0.15, 0.2) is 0 Å². The molecular weight excluding hydrogens is 220 g/mol. The molecule has 0 aromatic heterocycles. The van der Waals surface area contributed by atoms with Crippen LogP contribution in [0.3, 0.4) is 0 Å². The van der Waals surface area contributed by atoms with Crippen molar-refractivity contribution in [2.24, 2.45) is 0 Å². The molecule has 2 rings (SSSR count). The van der Waals surface area contributed by atoms with Crippen molar-refractivity contribution in [1.82, 2.24) is 5.32 Å². The summed E-state index contributed by atoms with van der Waals surface area (Å²) in [6.45, 7) is 1.60. The van der Waals surface area contributed by atoms with E-state index in [1.54, 1.807) is 0 Å². The Morgan fingerprint density at radius 3 is 2.67 bits per heavy atom. The van der Waals surface area contributed by atoms with Crippen molar-refractivity contribution < 1.29 is 8.78 Å². The Hall–Kier alpha value is -0.670. The molecule has 1 saturated heterocycles. The summed E-state index contributed by atoms with van der Waals surface area (Å²) < 4.78 is 26.7. The van der Waals surface area contributed by atoms with E-state index in [1.807, 2.05) is 0 Å². The summed E-state index contributed by atoms with van der Waals surface area (Å²) in [6, 6.07) is 2.21. The van der Waals surface area contributed by atoms with E-state index in [2.05, 4.69) is 5.32 Å². The van der Waals surface area contributed by atoms with Gasteiger partial charge in [0.25, 0.3) is 0 Å². The first-order chi connectivity index (χ1) is 7.20. The molecule has 0 radical (unpaired) electrons. The standard InChI is InChI=1S/C11H12ClF2N/c12-11-9(14)4-3-8(13)10(11)7-2-1-5-15-6-7/h3-4,7,15H,1-2,5-6H2/t7-/m0/s1. The van der Waals surface area contributed by atoms with Crippen molar-refractivity contribution in [3.8, 4) is 0 Å². The maximum atomic E-state index is 13.5. The van der Waals surface area contributed by atoms with Crippen molar-refractivity contribution in [2.45, 2.75) is 18.8 Å². The number of rotatable bonds is 1. The minimum Gasteiger partial charge on any atom is -0.316 e. The van der Waals surface area contributed by atoms with Gasteiger partial charge in [-0.1, -0.05) is 11.6 Å². The lowest BCUT2D eigenvalue weighted by atomic mass is 9.91. The number of piperidine rings is 1. The average molecular weight is 232 g/mol. The molecule has 15 heavy (non-hydrogen) atoms. The molecule has 1 heterocycles. The van der Waals surface area contributed by atoms with Crippen LogP contribution >= 0.6 is 11.6 Å². The SMILES string of the molecule is Fc1ccc(F)c([C@H]2CCCNC2)c1Cl. The van der Waals surface area contributed by atoms with Crippen molar-refractivity contribution in [3.63, 3.8) is 0 Å². The van der Waals surface area contributed by atoms with Gasteiger partial charge in [-0.25, -0.2) is 8.78 Å². The van der Waals surface area contributed by atoms with Gasteiger partial charge >= 0.3 is 0 Å². The fourth-order valence-corrected chi connectivity index (χ4v) is 2.32. The summed E-state index contributed by atoms with van der Waals surface area (Å²) in [5.41, 5.74) is 0.323. The topological polar surface area (TPSA) is 12.0 Å². The van der Waals surface area contributed by atoms with Gasteiger partial charge in [0, 0.05) is 18.0 Å². The van der Waals surface area contributed by atoms with Crippen LogP contribution in [0.2, 0.25) is 5.02 Å². The van der Waals surface area contributed by atoms with E-state index >= 15 is 0 Å². The van der Waals surface area contributed by atoms with Crippen LogP contribution in [-0.4, -0.2) is 13.1 Å². The van der Waals surface area contributed by atoms with E-state index < -0.39 is 11.6 Å². The molecule has 0 aliphatic carbocycles. The molecule has 0 bridgehead atoms. The number of benzene rings is 1. The van der Waals surface area contributed by atoms with Gasteiger partial charge in [0.2, 0.25) is 0 Å². The third kappa shape index (κ3) is 2.13. The Morgan fingerprint density at radius 1 is 1.27 bits per heavy atom. The van der Waals surface area contributed by atoms with E-state index in [0.29, 0.717) is 12.1 Å². The molecule has 1 N–H and O–H groups in total. The first-order valence-electron chi connectivity index (χ1n) is 5.04. The molecule has 1 aromatic rings. The zero-order valence-corrected chi connectivity index (χ0v) is 8.95. The molecule has 1 atom stereocenters. The second-order valence-corrected chi connectivity index (χ2v) is 4.18. The molecule has 1 fully saturated rings. The Kier molecular flexibility index (Phi) is 3.22. The van der Waals surface area contributed by atoms with Crippen molar-refractivity contribution >= 4 is 11.6 Å². The molecule has 82 valence electrons. The lowest BCUT2D eigenvalue weighted by Crippen LogP contribution is -2.29. The zero-order valence-electron chi connectivity index (χ0n) is 8.19. The van der Waals surface area contributed by atoms with Gasteiger partial charge in [-0.05, 0) is 31.5 Å². The first kappa shape index (κ1) is 10.8. The van der Waals surface area contributed by atoms with E-state index in [4.69, 9.17) is 11.6 Å². The predicted octanol–water partition coefficient (Wildman–Crippen LogP) is 3.09. The van der Waals surface area contributed by atoms with Gasteiger partial charge in [-0.15, -0.1) is 0 Å². The van der Waals surface area contributed by atoms with Crippen LogP contribution in [0.1, 0.15) is 24.3 Å². The van der Waals surface area contributed by atoms with Crippen LogP contribution in [0.5, 0.6) is 0 Å². The maximum Gasteiger partial charge on any atom is 0.142 e. The molecule has 1 aromatic carbocycles. The zero-order chi connectivity index (χ0) is 10.8. The van der Waals surface area contributed by atoms with Crippen LogP contribution in [0.25, 0.3) is 0 Å². The summed E-state index contributed by atoms with van der Waals surface area (Å²) in [7, 11) is 0. The molecule has 1 aliphatic rings. The van der Waals surface area contributed by atoms with Gasteiger partial charge in [0.05, 0.1) is 5.02 Å². The molecule has 0 spiro atoms. The van der Waals surface area contributed by atoms with Gasteiger partial charge < -0.3 is 5.32 Å². The quantitative estimate of drug-likeness (QED) is 0.733. The molecule has 4 heteroatoms. The summed E-state index contributed by atoms with van der Waals surface area (Å²) >= 11 is 5.79. The Morgan fingerprint density at radius 2 is 2.00 bits per heavy atom. The highest BCUT2D eigenvalue weighted by Gasteiger charge is 2.23. The molecule has 0 amide bonds. The highest BCUT2D eigenvalue weighted by molar-refractivity contribution is 6.31. The molecular formula is C11H12ClF2N. The Balaban J connectivity index is 2.36. The van der Waals surface area contributed by atoms with E-state index in [1.165, 1.54) is 0 Å². The number of hydrogen-bond acceptors (Lipinski definition) is 1. The van der Waals surface area contributed by atoms with E-state index in [-0.39, 0.29) is 10.9 Å².